The summed E-state index contributed by atoms with van der Waals surface area (Å²) in [6.07, 6.45) is 0. The topological polar surface area (TPSA) is 9.86 Å². The minimum atomic E-state index is 0.0105. The molecule has 0 N–H and O–H groups in total. The molecule has 0 aliphatic carbocycles. The normalized spacial score (nSPS) is 12.9. The van der Waals surface area contributed by atoms with Gasteiger partial charge < -0.3 is 9.05 Å². The summed E-state index contributed by atoms with van der Waals surface area (Å²) in [4.78, 5) is 0. The van der Waals surface area contributed by atoms with Gasteiger partial charge in [-0.05, 0) is 110 Å². The average molecular weight is 683 g/mol. The van der Waals surface area contributed by atoms with Crippen LogP contribution in [0.25, 0.3) is 105 Å². The summed E-state index contributed by atoms with van der Waals surface area (Å²) in [7, 11) is 0. The summed E-state index contributed by atoms with van der Waals surface area (Å²) in [5.41, 5.74) is 20.8. The van der Waals surface area contributed by atoms with Gasteiger partial charge in [0.25, 0.3) is 0 Å². The fourth-order valence-corrected chi connectivity index (χ4v) is 10.4. The van der Waals surface area contributed by atoms with Crippen molar-refractivity contribution >= 4 is 72.2 Å². The SMILES string of the molecule is Cc1c(-c2ccccc2)cc2c3c1-c1cc(-c4ccccc4)cc4c5cc(-c6ccccc6)ccc5n(c14)B3c1ccc3ccc4cccc5c4c3c1n5-2. The van der Waals surface area contributed by atoms with Crippen molar-refractivity contribution in [3.05, 3.63) is 175 Å². The number of rotatable bonds is 3. The van der Waals surface area contributed by atoms with Crippen LogP contribution in [0, 0.1) is 6.92 Å². The Kier molecular flexibility index (Phi) is 5.42. The summed E-state index contributed by atoms with van der Waals surface area (Å²) in [5.74, 6) is 0. The third-order valence-corrected chi connectivity index (χ3v) is 12.6. The van der Waals surface area contributed by atoms with Gasteiger partial charge in [-0.25, -0.2) is 0 Å². The minimum absolute atomic E-state index is 0.0105. The molecule has 2 aliphatic heterocycles. The molecule has 11 aromatic rings. The molecule has 13 rings (SSSR count). The zero-order chi connectivity index (χ0) is 35.2. The molecule has 4 heterocycles. The third kappa shape index (κ3) is 3.52. The smallest absolute Gasteiger partial charge is 0.333 e. The van der Waals surface area contributed by atoms with E-state index in [1.165, 1.54) is 121 Å². The largest absolute Gasteiger partial charge is 0.375 e. The Morgan fingerprint density at radius 1 is 0.444 bits per heavy atom. The van der Waals surface area contributed by atoms with Crippen molar-refractivity contribution in [2.45, 2.75) is 6.92 Å². The van der Waals surface area contributed by atoms with Gasteiger partial charge in [-0.15, -0.1) is 0 Å². The molecule has 0 fully saturated rings. The first kappa shape index (κ1) is 28.7. The van der Waals surface area contributed by atoms with Crippen molar-refractivity contribution in [3.63, 3.8) is 0 Å². The molecule has 3 heteroatoms. The Labute approximate surface area is 312 Å². The van der Waals surface area contributed by atoms with E-state index >= 15 is 0 Å². The van der Waals surface area contributed by atoms with Crippen LogP contribution in [0.15, 0.2) is 170 Å². The van der Waals surface area contributed by atoms with Gasteiger partial charge >= 0.3 is 6.85 Å². The highest BCUT2D eigenvalue weighted by Gasteiger charge is 2.43. The maximum atomic E-state index is 2.70. The zero-order valence-electron chi connectivity index (χ0n) is 29.6. The molecule has 0 radical (unpaired) electrons. The second-order valence-electron chi connectivity index (χ2n) is 15.3. The van der Waals surface area contributed by atoms with Crippen LogP contribution in [0.3, 0.4) is 0 Å². The Balaban J connectivity index is 1.26. The van der Waals surface area contributed by atoms with E-state index in [-0.39, 0.29) is 6.85 Å². The monoisotopic (exact) mass is 682 g/mol. The zero-order valence-corrected chi connectivity index (χ0v) is 29.6. The molecule has 0 unspecified atom stereocenters. The first-order valence-corrected chi connectivity index (χ1v) is 19.0. The summed E-state index contributed by atoms with van der Waals surface area (Å²) in [5, 5.41) is 7.93. The maximum absolute atomic E-state index is 2.70. The van der Waals surface area contributed by atoms with Gasteiger partial charge in [-0.2, -0.15) is 0 Å². The lowest BCUT2D eigenvalue weighted by Crippen LogP contribution is -2.55. The van der Waals surface area contributed by atoms with E-state index in [9.17, 15) is 0 Å². The van der Waals surface area contributed by atoms with Gasteiger partial charge in [0.1, 0.15) is 0 Å². The van der Waals surface area contributed by atoms with Crippen LogP contribution in [0.5, 0.6) is 0 Å². The Morgan fingerprint density at radius 2 is 1.11 bits per heavy atom. The molecule has 0 bridgehead atoms. The summed E-state index contributed by atoms with van der Waals surface area (Å²) in [6.45, 7) is 2.37. The van der Waals surface area contributed by atoms with Crippen LogP contribution in [0.4, 0.5) is 0 Å². The van der Waals surface area contributed by atoms with Crippen molar-refractivity contribution in [2.75, 3.05) is 0 Å². The highest BCUT2D eigenvalue weighted by Crippen LogP contribution is 2.49. The molecule has 2 nitrogen and oxygen atoms in total. The number of benzene rings is 9. The molecule has 2 aromatic heterocycles. The summed E-state index contributed by atoms with van der Waals surface area (Å²) >= 11 is 0. The Morgan fingerprint density at radius 3 is 1.87 bits per heavy atom. The maximum Gasteiger partial charge on any atom is 0.333 e. The fourth-order valence-electron chi connectivity index (χ4n) is 10.4. The molecule has 54 heavy (non-hydrogen) atoms. The highest BCUT2D eigenvalue weighted by atomic mass is 15.0. The fraction of sp³-hybridized carbons (Fsp3) is 0.0196. The van der Waals surface area contributed by atoms with Crippen LogP contribution in [0.2, 0.25) is 0 Å². The molecule has 0 saturated heterocycles. The first-order chi connectivity index (χ1) is 26.7. The Bertz CT molecular complexity index is 3370. The third-order valence-electron chi connectivity index (χ3n) is 12.6. The summed E-state index contributed by atoms with van der Waals surface area (Å²) in [6, 6.07) is 63.6. The lowest BCUT2D eigenvalue weighted by Gasteiger charge is -2.36. The number of aromatic nitrogens is 2. The van der Waals surface area contributed by atoms with E-state index < -0.39 is 0 Å². The lowest BCUT2D eigenvalue weighted by molar-refractivity contribution is 1.17. The van der Waals surface area contributed by atoms with Crippen LogP contribution in [-0.2, 0) is 0 Å². The number of nitrogens with zero attached hydrogens (tertiary/aromatic N) is 2. The van der Waals surface area contributed by atoms with Crippen molar-refractivity contribution in [1.29, 1.82) is 0 Å². The van der Waals surface area contributed by atoms with E-state index in [0.717, 1.165) is 0 Å². The number of hydrogen-bond acceptors (Lipinski definition) is 0. The van der Waals surface area contributed by atoms with Crippen molar-refractivity contribution in [3.8, 4) is 50.2 Å². The van der Waals surface area contributed by atoms with Crippen LogP contribution < -0.4 is 10.9 Å². The van der Waals surface area contributed by atoms with Gasteiger partial charge in [0, 0.05) is 43.8 Å². The number of hydrogen-bond donors (Lipinski definition) is 0. The first-order valence-electron chi connectivity index (χ1n) is 19.0. The molecular formula is C51H31BN2. The second kappa shape index (κ2) is 10.2. The predicted octanol–water partition coefficient (Wildman–Crippen LogP) is 11.7. The van der Waals surface area contributed by atoms with Crippen LogP contribution in [0.1, 0.15) is 5.56 Å². The predicted molar refractivity (Wildman–Crippen MR) is 229 cm³/mol. The molecular weight excluding hydrogens is 651 g/mol. The molecule has 0 atom stereocenters. The van der Waals surface area contributed by atoms with Gasteiger partial charge in [-0.3, -0.25) is 0 Å². The van der Waals surface area contributed by atoms with E-state index in [2.05, 4.69) is 186 Å². The van der Waals surface area contributed by atoms with Gasteiger partial charge in [0.2, 0.25) is 0 Å². The molecule has 0 amide bonds. The van der Waals surface area contributed by atoms with Crippen LogP contribution in [-0.4, -0.2) is 15.9 Å². The van der Waals surface area contributed by atoms with Crippen molar-refractivity contribution in [2.24, 2.45) is 0 Å². The summed E-state index contributed by atoms with van der Waals surface area (Å²) < 4.78 is 5.32. The standard InChI is InChI=1S/C51H31BN2/c1-30-38(33-16-9-4-10-17-33)29-45-49-46(30)41-28-37(32-14-7-3-8-15-32)27-40-39-26-36(31-12-5-2-6-13-31)23-25-43(39)54(50(40)41)52(49)42-24-22-35-21-20-34-18-11-19-44-47(34)48(35)51(42)53(44)45/h2-29H,1H3. The van der Waals surface area contributed by atoms with Gasteiger partial charge in [0.15, 0.2) is 0 Å². The minimum Gasteiger partial charge on any atom is -0.375 e. The van der Waals surface area contributed by atoms with E-state index in [4.69, 9.17) is 0 Å². The van der Waals surface area contributed by atoms with E-state index in [0.29, 0.717) is 0 Å². The molecule has 0 spiro atoms. The Hall–Kier alpha value is -6.84. The molecule has 248 valence electrons. The molecule has 2 aliphatic rings. The van der Waals surface area contributed by atoms with Gasteiger partial charge in [-0.1, -0.05) is 133 Å². The van der Waals surface area contributed by atoms with Crippen LogP contribution >= 0.6 is 0 Å². The number of fused-ring (bicyclic) bond motifs is 8. The van der Waals surface area contributed by atoms with Crippen molar-refractivity contribution < 1.29 is 0 Å². The van der Waals surface area contributed by atoms with E-state index in [1.807, 2.05) is 0 Å². The lowest BCUT2D eigenvalue weighted by atomic mass is 9.45. The molecule has 9 aromatic carbocycles. The highest BCUT2D eigenvalue weighted by molar-refractivity contribution is 6.90. The van der Waals surface area contributed by atoms with E-state index in [1.54, 1.807) is 0 Å². The molecule has 0 saturated carbocycles. The van der Waals surface area contributed by atoms with Crippen molar-refractivity contribution in [1.82, 2.24) is 9.05 Å². The second-order valence-corrected chi connectivity index (χ2v) is 15.3. The average Bonchev–Trinajstić information content (AvgIpc) is 3.76. The quantitative estimate of drug-likeness (QED) is 0.130. The van der Waals surface area contributed by atoms with Gasteiger partial charge in [0.05, 0.1) is 11.0 Å².